The summed E-state index contributed by atoms with van der Waals surface area (Å²) in [6.07, 6.45) is 6.14. The zero-order chi connectivity index (χ0) is 8.04. The van der Waals surface area contributed by atoms with Gasteiger partial charge in [-0.3, -0.25) is 4.18 Å². The zero-order valence-corrected chi connectivity index (χ0v) is 6.39. The minimum absolute atomic E-state index is 0.216. The van der Waals surface area contributed by atoms with E-state index in [2.05, 4.69) is 4.18 Å². The van der Waals surface area contributed by atoms with Gasteiger partial charge in [0, 0.05) is 0 Å². The lowest BCUT2D eigenvalue weighted by Crippen LogP contribution is -2.01. The Morgan fingerprint density at radius 3 is 2.70 bits per heavy atom. The molecule has 0 saturated carbocycles. The van der Waals surface area contributed by atoms with Crippen molar-refractivity contribution in [3.63, 3.8) is 0 Å². The van der Waals surface area contributed by atoms with E-state index in [-0.39, 0.29) is 6.61 Å². The highest BCUT2D eigenvalue weighted by Gasteiger charge is 2.01. The van der Waals surface area contributed by atoms with Gasteiger partial charge in [0.05, 0.1) is 5.41 Å². The SMILES string of the molecule is C#CCOS(=O)(=O)C=CC. The van der Waals surface area contributed by atoms with E-state index in [1.807, 2.05) is 5.92 Å². The molecule has 0 N–H and O–H groups in total. The van der Waals surface area contributed by atoms with Crippen LogP contribution in [0.3, 0.4) is 0 Å². The quantitative estimate of drug-likeness (QED) is 0.446. The van der Waals surface area contributed by atoms with Crippen LogP contribution in [0.15, 0.2) is 11.5 Å². The van der Waals surface area contributed by atoms with Gasteiger partial charge in [-0.2, -0.15) is 8.42 Å². The van der Waals surface area contributed by atoms with Crippen molar-refractivity contribution in [2.45, 2.75) is 6.92 Å². The third-order valence-corrected chi connectivity index (χ3v) is 1.66. The average Bonchev–Trinajstić information content (AvgIpc) is 1.84. The summed E-state index contributed by atoms with van der Waals surface area (Å²) in [5.74, 6) is 2.05. The number of rotatable bonds is 3. The van der Waals surface area contributed by atoms with Gasteiger partial charge in [-0.05, 0) is 6.92 Å². The van der Waals surface area contributed by atoms with E-state index in [4.69, 9.17) is 6.42 Å². The van der Waals surface area contributed by atoms with Crippen LogP contribution in [0.25, 0.3) is 0 Å². The summed E-state index contributed by atoms with van der Waals surface area (Å²) >= 11 is 0. The third kappa shape index (κ3) is 4.13. The van der Waals surface area contributed by atoms with E-state index in [1.165, 1.54) is 6.08 Å². The van der Waals surface area contributed by atoms with Crippen molar-refractivity contribution < 1.29 is 12.6 Å². The van der Waals surface area contributed by atoms with E-state index in [0.29, 0.717) is 0 Å². The lowest BCUT2D eigenvalue weighted by Gasteiger charge is -1.93. The molecule has 0 aromatic rings. The summed E-state index contributed by atoms with van der Waals surface area (Å²) in [5.41, 5.74) is 0. The zero-order valence-electron chi connectivity index (χ0n) is 5.57. The van der Waals surface area contributed by atoms with Crippen molar-refractivity contribution in [3.8, 4) is 12.3 Å². The molecule has 0 aromatic carbocycles. The summed E-state index contributed by atoms with van der Waals surface area (Å²) in [6, 6.07) is 0. The second kappa shape index (κ2) is 4.09. The van der Waals surface area contributed by atoms with Gasteiger partial charge < -0.3 is 0 Å². The first-order valence-electron chi connectivity index (χ1n) is 2.58. The van der Waals surface area contributed by atoms with Crippen molar-refractivity contribution >= 4 is 10.1 Å². The largest absolute Gasteiger partial charge is 0.290 e. The van der Waals surface area contributed by atoms with Gasteiger partial charge in [-0.25, -0.2) is 0 Å². The van der Waals surface area contributed by atoms with Gasteiger partial charge in [0.2, 0.25) is 0 Å². The maximum atomic E-state index is 10.6. The average molecular weight is 160 g/mol. The molecule has 0 unspecified atom stereocenters. The Hall–Kier alpha value is -0.790. The first-order valence-corrected chi connectivity index (χ1v) is 4.05. The molecule has 0 fully saturated rings. The fourth-order valence-corrected chi connectivity index (χ4v) is 0.966. The molecular formula is C6H8O3S. The molecule has 56 valence electrons. The van der Waals surface area contributed by atoms with Gasteiger partial charge in [0.15, 0.2) is 0 Å². The highest BCUT2D eigenvalue weighted by molar-refractivity contribution is 7.89. The Labute approximate surface area is 60.8 Å². The van der Waals surface area contributed by atoms with Crippen LogP contribution in [0.4, 0.5) is 0 Å². The lowest BCUT2D eigenvalue weighted by atomic mass is 10.8. The van der Waals surface area contributed by atoms with Crippen LogP contribution in [-0.4, -0.2) is 15.0 Å². The van der Waals surface area contributed by atoms with Gasteiger partial charge >= 0.3 is 0 Å². The van der Waals surface area contributed by atoms with Crippen LogP contribution >= 0.6 is 0 Å². The number of hydrogen-bond donors (Lipinski definition) is 0. The molecule has 4 heteroatoms. The smallest absolute Gasteiger partial charge is 0.254 e. The normalized spacial score (nSPS) is 11.6. The van der Waals surface area contributed by atoms with Crippen molar-refractivity contribution in [3.05, 3.63) is 11.5 Å². The topological polar surface area (TPSA) is 43.4 Å². The molecule has 0 saturated heterocycles. The summed E-state index contributed by atoms with van der Waals surface area (Å²) in [5, 5.41) is 0.949. The molecule has 0 aliphatic carbocycles. The first-order chi connectivity index (χ1) is 4.62. The Balaban J connectivity index is 4.05. The summed E-state index contributed by atoms with van der Waals surface area (Å²) in [7, 11) is -3.52. The van der Waals surface area contributed by atoms with Crippen LogP contribution in [0.1, 0.15) is 6.92 Å². The first kappa shape index (κ1) is 9.21. The summed E-state index contributed by atoms with van der Waals surface area (Å²) in [4.78, 5) is 0. The molecule has 0 radical (unpaired) electrons. The van der Waals surface area contributed by atoms with Crippen LogP contribution in [0, 0.1) is 12.3 Å². The number of terminal acetylenes is 1. The summed E-state index contributed by atoms with van der Waals surface area (Å²) in [6.45, 7) is 1.36. The molecule has 10 heavy (non-hydrogen) atoms. The molecule has 0 atom stereocenters. The third-order valence-electron chi connectivity index (χ3n) is 0.609. The van der Waals surface area contributed by atoms with E-state index < -0.39 is 10.1 Å². The Bertz CT molecular complexity index is 243. The molecular weight excluding hydrogens is 152 g/mol. The number of allylic oxidation sites excluding steroid dienone is 1. The standard InChI is InChI=1S/C6H8O3S/c1-3-5-9-10(7,8)6-4-2/h1,4,6H,5H2,2H3. The van der Waals surface area contributed by atoms with Gasteiger partial charge in [-0.1, -0.05) is 12.0 Å². The van der Waals surface area contributed by atoms with Crippen LogP contribution < -0.4 is 0 Å². The molecule has 0 bridgehead atoms. The van der Waals surface area contributed by atoms with E-state index in [0.717, 1.165) is 5.41 Å². The predicted octanol–water partition coefficient (Wildman–Crippen LogP) is 0.500. The highest BCUT2D eigenvalue weighted by atomic mass is 32.2. The molecule has 3 nitrogen and oxygen atoms in total. The van der Waals surface area contributed by atoms with Crippen LogP contribution in [0.2, 0.25) is 0 Å². The predicted molar refractivity (Wildman–Crippen MR) is 38.5 cm³/mol. The maximum absolute atomic E-state index is 10.6. The second-order valence-electron chi connectivity index (χ2n) is 1.43. The van der Waals surface area contributed by atoms with E-state index in [9.17, 15) is 8.42 Å². The minimum Gasteiger partial charge on any atom is -0.254 e. The molecule has 0 aliphatic rings. The van der Waals surface area contributed by atoms with Gasteiger partial charge in [-0.15, -0.1) is 6.42 Å². The summed E-state index contributed by atoms with van der Waals surface area (Å²) < 4.78 is 25.4. The maximum Gasteiger partial charge on any atom is 0.290 e. The van der Waals surface area contributed by atoms with Crippen molar-refractivity contribution in [2.75, 3.05) is 6.61 Å². The number of hydrogen-bond acceptors (Lipinski definition) is 3. The monoisotopic (exact) mass is 160 g/mol. The van der Waals surface area contributed by atoms with E-state index in [1.54, 1.807) is 6.92 Å². The van der Waals surface area contributed by atoms with Crippen molar-refractivity contribution in [1.82, 2.24) is 0 Å². The molecule has 0 aliphatic heterocycles. The second-order valence-corrected chi connectivity index (χ2v) is 2.92. The molecule has 0 aromatic heterocycles. The Kier molecular flexibility index (Phi) is 3.77. The van der Waals surface area contributed by atoms with Crippen LogP contribution in [-0.2, 0) is 14.3 Å². The fraction of sp³-hybridized carbons (Fsp3) is 0.333. The van der Waals surface area contributed by atoms with Crippen molar-refractivity contribution in [1.29, 1.82) is 0 Å². The Morgan fingerprint density at radius 1 is 1.70 bits per heavy atom. The van der Waals surface area contributed by atoms with Crippen LogP contribution in [0.5, 0.6) is 0 Å². The molecule has 0 rings (SSSR count). The van der Waals surface area contributed by atoms with Gasteiger partial charge in [0.1, 0.15) is 6.61 Å². The highest BCUT2D eigenvalue weighted by Crippen LogP contribution is 1.93. The minimum atomic E-state index is -3.52. The fourth-order valence-electron chi connectivity index (χ4n) is 0.322. The van der Waals surface area contributed by atoms with E-state index >= 15 is 0 Å². The van der Waals surface area contributed by atoms with Gasteiger partial charge in [0.25, 0.3) is 10.1 Å². The molecule has 0 spiro atoms. The molecule has 0 heterocycles. The molecule has 0 amide bonds. The Morgan fingerprint density at radius 2 is 2.30 bits per heavy atom. The lowest BCUT2D eigenvalue weighted by molar-refractivity contribution is 0.370. The van der Waals surface area contributed by atoms with Crippen molar-refractivity contribution in [2.24, 2.45) is 0 Å².